The van der Waals surface area contributed by atoms with Crippen LogP contribution in [0.4, 0.5) is 0 Å². The number of hydrogen-bond acceptors (Lipinski definition) is 4. The van der Waals surface area contributed by atoms with Crippen LogP contribution in [0.3, 0.4) is 0 Å². The summed E-state index contributed by atoms with van der Waals surface area (Å²) in [7, 11) is 1.66. The molecule has 0 aliphatic heterocycles. The lowest BCUT2D eigenvalue weighted by atomic mass is 9.87. The number of hydrogen-bond donors (Lipinski definition) is 2. The van der Waals surface area contributed by atoms with Crippen LogP contribution in [0.5, 0.6) is 5.75 Å². The number of aromatic amines is 1. The summed E-state index contributed by atoms with van der Waals surface area (Å²) in [6, 6.07) is 15.3. The van der Waals surface area contributed by atoms with E-state index in [-0.39, 0.29) is 11.4 Å². The Balaban J connectivity index is 1.59. The smallest absolute Gasteiger partial charge is 0.270 e. The van der Waals surface area contributed by atoms with Crippen molar-refractivity contribution in [3.8, 4) is 17.1 Å². The van der Waals surface area contributed by atoms with Crippen molar-refractivity contribution < 1.29 is 9.53 Å². The normalized spacial score (nSPS) is 15.4. The van der Waals surface area contributed by atoms with Gasteiger partial charge in [-0.05, 0) is 48.7 Å². The zero-order chi connectivity index (χ0) is 18.7. The molecule has 1 aliphatic rings. The highest BCUT2D eigenvalue weighted by atomic mass is 16.5. The van der Waals surface area contributed by atoms with E-state index in [0.717, 1.165) is 42.7 Å². The van der Waals surface area contributed by atoms with Crippen molar-refractivity contribution in [3.05, 3.63) is 66.0 Å². The van der Waals surface area contributed by atoms with E-state index < -0.39 is 0 Å². The third-order valence-corrected chi connectivity index (χ3v) is 5.18. The van der Waals surface area contributed by atoms with Gasteiger partial charge >= 0.3 is 0 Å². The monoisotopic (exact) mass is 362 g/mol. The summed E-state index contributed by atoms with van der Waals surface area (Å²) in [5.74, 6) is 0.640. The number of nitrogens with one attached hydrogen (secondary N) is 2. The number of nitrogens with zero attached hydrogens (tertiary/aromatic N) is 2. The fourth-order valence-electron chi connectivity index (χ4n) is 3.75. The highest BCUT2D eigenvalue weighted by Crippen LogP contribution is 2.40. The van der Waals surface area contributed by atoms with Gasteiger partial charge in [0, 0.05) is 6.20 Å². The fourth-order valence-corrected chi connectivity index (χ4v) is 3.75. The number of pyridine rings is 1. The maximum atomic E-state index is 12.9. The Morgan fingerprint density at radius 3 is 2.70 bits per heavy atom. The molecule has 1 fully saturated rings. The van der Waals surface area contributed by atoms with Crippen molar-refractivity contribution in [2.75, 3.05) is 7.11 Å². The van der Waals surface area contributed by atoms with Gasteiger partial charge in [-0.25, -0.2) is 0 Å². The summed E-state index contributed by atoms with van der Waals surface area (Å²) in [5, 5.41) is 10.3. The van der Waals surface area contributed by atoms with Crippen molar-refractivity contribution in [1.29, 1.82) is 0 Å². The van der Waals surface area contributed by atoms with Gasteiger partial charge in [0.25, 0.3) is 5.91 Å². The molecule has 1 saturated carbocycles. The predicted octanol–water partition coefficient (Wildman–Crippen LogP) is 3.68. The largest absolute Gasteiger partial charge is 0.497 e. The Labute approximate surface area is 158 Å². The highest BCUT2D eigenvalue weighted by Gasteiger charge is 2.37. The van der Waals surface area contributed by atoms with E-state index in [9.17, 15) is 4.79 Å². The lowest BCUT2D eigenvalue weighted by Crippen LogP contribution is -2.44. The summed E-state index contributed by atoms with van der Waals surface area (Å²) in [6.07, 6.45) is 5.69. The molecule has 2 N–H and O–H groups in total. The molecule has 0 saturated heterocycles. The predicted molar refractivity (Wildman–Crippen MR) is 102 cm³/mol. The van der Waals surface area contributed by atoms with E-state index in [0.29, 0.717) is 11.4 Å². The summed E-state index contributed by atoms with van der Waals surface area (Å²) >= 11 is 0. The maximum absolute atomic E-state index is 12.9. The molecule has 6 heteroatoms. The van der Waals surface area contributed by atoms with Gasteiger partial charge in [-0.1, -0.05) is 31.0 Å². The first-order chi connectivity index (χ1) is 13.2. The molecule has 0 bridgehead atoms. The number of amides is 1. The first-order valence-corrected chi connectivity index (χ1v) is 9.14. The minimum absolute atomic E-state index is 0.158. The molecule has 1 aliphatic carbocycles. The summed E-state index contributed by atoms with van der Waals surface area (Å²) in [6.45, 7) is 0. The number of H-pyrrole nitrogens is 1. The Morgan fingerprint density at radius 1 is 1.11 bits per heavy atom. The first kappa shape index (κ1) is 17.3. The topological polar surface area (TPSA) is 79.9 Å². The van der Waals surface area contributed by atoms with Gasteiger partial charge < -0.3 is 10.1 Å². The number of ether oxygens (including phenoxy) is 1. The summed E-state index contributed by atoms with van der Waals surface area (Å²) in [4.78, 5) is 17.2. The van der Waals surface area contributed by atoms with Gasteiger partial charge in [-0.2, -0.15) is 5.10 Å². The van der Waals surface area contributed by atoms with E-state index in [4.69, 9.17) is 4.74 Å². The van der Waals surface area contributed by atoms with Gasteiger partial charge in [0.2, 0.25) is 0 Å². The Morgan fingerprint density at radius 2 is 1.96 bits per heavy atom. The number of carbonyl (C=O) groups is 1. The van der Waals surface area contributed by atoms with Gasteiger partial charge in [-0.15, -0.1) is 0 Å². The zero-order valence-corrected chi connectivity index (χ0v) is 15.2. The van der Waals surface area contributed by atoms with Crippen LogP contribution in [0.1, 0.15) is 41.7 Å². The zero-order valence-electron chi connectivity index (χ0n) is 15.2. The molecular weight excluding hydrogens is 340 g/mol. The lowest BCUT2D eigenvalue weighted by molar-refractivity contribution is 0.0893. The Hall–Kier alpha value is -3.15. The fraction of sp³-hybridized carbons (Fsp3) is 0.286. The highest BCUT2D eigenvalue weighted by molar-refractivity contribution is 5.93. The second-order valence-electron chi connectivity index (χ2n) is 6.86. The van der Waals surface area contributed by atoms with E-state index in [1.807, 2.05) is 36.4 Å². The number of carbonyl (C=O) groups excluding carboxylic acids is 1. The van der Waals surface area contributed by atoms with Crippen molar-refractivity contribution in [2.45, 2.75) is 31.2 Å². The van der Waals surface area contributed by atoms with Crippen LogP contribution in [-0.4, -0.2) is 28.2 Å². The quantitative estimate of drug-likeness (QED) is 0.726. The number of benzene rings is 1. The van der Waals surface area contributed by atoms with Gasteiger partial charge in [0.05, 0.1) is 18.3 Å². The number of rotatable bonds is 5. The van der Waals surface area contributed by atoms with Crippen molar-refractivity contribution in [3.63, 3.8) is 0 Å². The van der Waals surface area contributed by atoms with Crippen LogP contribution < -0.4 is 10.1 Å². The van der Waals surface area contributed by atoms with E-state index in [1.165, 1.54) is 0 Å². The molecule has 1 aromatic carbocycles. The second kappa shape index (κ2) is 7.23. The SMILES string of the molecule is COc1cccc(C2(NC(=O)c3cc(-c4ccccn4)n[nH]3)CCCC2)c1. The average molecular weight is 362 g/mol. The second-order valence-corrected chi connectivity index (χ2v) is 6.86. The molecule has 3 aromatic rings. The lowest BCUT2D eigenvalue weighted by Gasteiger charge is -2.31. The molecule has 27 heavy (non-hydrogen) atoms. The average Bonchev–Trinajstić information content (AvgIpc) is 3.39. The third-order valence-electron chi connectivity index (χ3n) is 5.18. The minimum Gasteiger partial charge on any atom is -0.497 e. The van der Waals surface area contributed by atoms with Crippen LogP contribution in [0.15, 0.2) is 54.7 Å². The third kappa shape index (κ3) is 3.43. The summed E-state index contributed by atoms with van der Waals surface area (Å²) < 4.78 is 5.37. The Bertz CT molecular complexity index is 930. The van der Waals surface area contributed by atoms with E-state index in [2.05, 4.69) is 26.6 Å². The van der Waals surface area contributed by atoms with Gasteiger partial charge in [0.15, 0.2) is 0 Å². The molecular formula is C21H22N4O2. The molecule has 2 heterocycles. The molecule has 1 amide bonds. The molecule has 0 atom stereocenters. The number of methoxy groups -OCH3 is 1. The standard InChI is InChI=1S/C21H22N4O2/c1-27-16-8-6-7-15(13-16)21(10-3-4-11-21)23-20(26)19-14-18(24-25-19)17-9-2-5-12-22-17/h2,5-9,12-14H,3-4,10-11H2,1H3,(H,23,26)(H,24,25). The molecule has 6 nitrogen and oxygen atoms in total. The molecule has 138 valence electrons. The molecule has 4 rings (SSSR count). The molecule has 0 spiro atoms. The number of aromatic nitrogens is 3. The summed E-state index contributed by atoms with van der Waals surface area (Å²) in [5.41, 5.74) is 2.53. The van der Waals surface area contributed by atoms with Gasteiger partial charge in [0.1, 0.15) is 17.1 Å². The van der Waals surface area contributed by atoms with Crippen molar-refractivity contribution >= 4 is 5.91 Å². The van der Waals surface area contributed by atoms with Crippen LogP contribution in [0, 0.1) is 0 Å². The first-order valence-electron chi connectivity index (χ1n) is 9.14. The maximum Gasteiger partial charge on any atom is 0.270 e. The molecule has 0 radical (unpaired) electrons. The van der Waals surface area contributed by atoms with E-state index in [1.54, 1.807) is 19.4 Å². The Kier molecular flexibility index (Phi) is 4.62. The van der Waals surface area contributed by atoms with Crippen LogP contribution in [0.25, 0.3) is 11.4 Å². The van der Waals surface area contributed by atoms with Crippen molar-refractivity contribution in [2.24, 2.45) is 0 Å². The minimum atomic E-state index is -0.373. The van der Waals surface area contributed by atoms with Crippen LogP contribution in [-0.2, 0) is 5.54 Å². The van der Waals surface area contributed by atoms with Crippen LogP contribution >= 0.6 is 0 Å². The molecule has 2 aromatic heterocycles. The molecule has 0 unspecified atom stereocenters. The van der Waals surface area contributed by atoms with Crippen molar-refractivity contribution in [1.82, 2.24) is 20.5 Å². The van der Waals surface area contributed by atoms with Crippen LogP contribution in [0.2, 0.25) is 0 Å². The van der Waals surface area contributed by atoms with E-state index >= 15 is 0 Å². The van der Waals surface area contributed by atoms with Gasteiger partial charge in [-0.3, -0.25) is 14.9 Å².